The summed E-state index contributed by atoms with van der Waals surface area (Å²) in [6, 6.07) is 18.3. The van der Waals surface area contributed by atoms with Gasteiger partial charge in [-0.25, -0.2) is 0 Å². The number of nitrogens with zero attached hydrogens (tertiary/aromatic N) is 2. The van der Waals surface area contributed by atoms with Crippen LogP contribution in [0, 0.1) is 0 Å². The maximum atomic E-state index is 13.6. The second-order valence-corrected chi connectivity index (χ2v) is 9.65. The van der Waals surface area contributed by atoms with Crippen LogP contribution in [0.4, 0.5) is 5.69 Å². The normalized spacial score (nSPS) is 13.3. The zero-order valence-electron chi connectivity index (χ0n) is 19.8. The number of likely N-dealkylation sites (N-methyl/N-ethyl adjacent to an activating group) is 1. The lowest BCUT2D eigenvalue weighted by Gasteiger charge is -2.20. The first-order valence-corrected chi connectivity index (χ1v) is 12.7. The van der Waals surface area contributed by atoms with E-state index in [1.54, 1.807) is 24.3 Å². The molecule has 6 nitrogen and oxygen atoms in total. The number of benzene rings is 3. The fourth-order valence-corrected chi connectivity index (χ4v) is 5.87. The number of rotatable bonds is 8. The standard InChI is InChI=1S/C28H27N3O3S/c1-3-30(4-2)16-15-29-22-14-13-18(17-31-27(33)19-9-5-6-10-20(19)28(31)34)26-24(22)25(32)21-11-7-8-12-23(21)35-26/h5-14,29H,3-4,15-17H2,1-2H3. The summed E-state index contributed by atoms with van der Waals surface area (Å²) in [6.45, 7) is 7.92. The number of amides is 2. The van der Waals surface area contributed by atoms with Crippen LogP contribution in [-0.2, 0) is 6.54 Å². The van der Waals surface area contributed by atoms with Crippen LogP contribution >= 0.6 is 11.3 Å². The molecule has 0 unspecified atom stereocenters. The Bertz CT molecular complexity index is 1470. The van der Waals surface area contributed by atoms with Gasteiger partial charge in [0.05, 0.1) is 23.1 Å². The lowest BCUT2D eigenvalue weighted by molar-refractivity contribution is 0.0643. The quantitative estimate of drug-likeness (QED) is 0.282. The van der Waals surface area contributed by atoms with Gasteiger partial charge in [0.1, 0.15) is 0 Å². The Hall–Kier alpha value is -3.55. The van der Waals surface area contributed by atoms with Crippen molar-refractivity contribution in [1.82, 2.24) is 9.80 Å². The Morgan fingerprint density at radius 2 is 1.51 bits per heavy atom. The predicted octanol–water partition coefficient (Wildman–Crippen LogP) is 4.96. The van der Waals surface area contributed by atoms with Crippen LogP contribution in [0.1, 0.15) is 40.1 Å². The van der Waals surface area contributed by atoms with Crippen LogP contribution in [0.2, 0.25) is 0 Å². The number of nitrogens with one attached hydrogen (secondary N) is 1. The van der Waals surface area contributed by atoms with Crippen molar-refractivity contribution in [3.05, 3.63) is 87.6 Å². The van der Waals surface area contributed by atoms with Crippen LogP contribution in [0.25, 0.3) is 20.2 Å². The molecule has 3 aromatic carbocycles. The monoisotopic (exact) mass is 485 g/mol. The highest BCUT2D eigenvalue weighted by Crippen LogP contribution is 2.34. The molecule has 0 fully saturated rings. The highest BCUT2D eigenvalue weighted by molar-refractivity contribution is 7.24. The van der Waals surface area contributed by atoms with Crippen LogP contribution in [0.5, 0.6) is 0 Å². The van der Waals surface area contributed by atoms with Crippen LogP contribution < -0.4 is 10.7 Å². The first-order chi connectivity index (χ1) is 17.0. The zero-order chi connectivity index (χ0) is 24.5. The predicted molar refractivity (Wildman–Crippen MR) is 143 cm³/mol. The maximum Gasteiger partial charge on any atom is 0.261 e. The van der Waals surface area contributed by atoms with E-state index < -0.39 is 0 Å². The van der Waals surface area contributed by atoms with Crippen molar-refractivity contribution in [2.24, 2.45) is 0 Å². The molecular weight excluding hydrogens is 458 g/mol. The summed E-state index contributed by atoms with van der Waals surface area (Å²) in [5.41, 5.74) is 2.39. The first kappa shape index (κ1) is 23.2. The molecule has 0 bridgehead atoms. The molecule has 5 rings (SSSR count). The van der Waals surface area contributed by atoms with Gasteiger partial charge in [-0.1, -0.05) is 44.2 Å². The molecule has 0 spiro atoms. The van der Waals surface area contributed by atoms with Crippen molar-refractivity contribution in [1.29, 1.82) is 0 Å². The first-order valence-electron chi connectivity index (χ1n) is 11.9. The smallest absolute Gasteiger partial charge is 0.261 e. The van der Waals surface area contributed by atoms with Gasteiger partial charge < -0.3 is 10.2 Å². The molecular formula is C28H27N3O3S. The molecule has 0 aliphatic carbocycles. The average Bonchev–Trinajstić information content (AvgIpc) is 3.12. The van der Waals surface area contributed by atoms with E-state index in [-0.39, 0.29) is 23.8 Å². The van der Waals surface area contributed by atoms with Crippen molar-refractivity contribution in [3.8, 4) is 0 Å². The molecule has 4 aromatic rings. The number of anilines is 1. The van der Waals surface area contributed by atoms with E-state index in [4.69, 9.17) is 0 Å². The molecule has 0 atom stereocenters. The number of carbonyl (C=O) groups is 2. The third kappa shape index (κ3) is 4.11. The molecule has 0 radical (unpaired) electrons. The summed E-state index contributed by atoms with van der Waals surface area (Å²) < 4.78 is 1.69. The maximum absolute atomic E-state index is 13.6. The Morgan fingerprint density at radius 1 is 0.857 bits per heavy atom. The van der Waals surface area contributed by atoms with Crippen molar-refractivity contribution >= 4 is 49.0 Å². The van der Waals surface area contributed by atoms with Gasteiger partial charge in [-0.15, -0.1) is 11.3 Å². The molecule has 178 valence electrons. The fourth-order valence-electron chi connectivity index (χ4n) is 4.67. The summed E-state index contributed by atoms with van der Waals surface area (Å²) in [7, 11) is 0. The van der Waals surface area contributed by atoms with Crippen LogP contribution in [0.15, 0.2) is 65.5 Å². The lowest BCUT2D eigenvalue weighted by atomic mass is 10.1. The Kier molecular flexibility index (Phi) is 6.36. The van der Waals surface area contributed by atoms with E-state index in [9.17, 15) is 14.4 Å². The molecule has 2 heterocycles. The number of carbonyl (C=O) groups excluding carboxylic acids is 2. The second kappa shape index (κ2) is 9.60. The highest BCUT2D eigenvalue weighted by Gasteiger charge is 2.35. The minimum atomic E-state index is -0.298. The van der Waals surface area contributed by atoms with E-state index in [0.717, 1.165) is 40.3 Å². The molecule has 0 saturated carbocycles. The minimum absolute atomic E-state index is 0.0381. The van der Waals surface area contributed by atoms with Crippen molar-refractivity contribution in [2.75, 3.05) is 31.5 Å². The van der Waals surface area contributed by atoms with E-state index in [0.29, 0.717) is 28.4 Å². The van der Waals surface area contributed by atoms with Crippen LogP contribution in [0.3, 0.4) is 0 Å². The Morgan fingerprint density at radius 3 is 2.20 bits per heavy atom. The molecule has 1 N–H and O–H groups in total. The largest absolute Gasteiger partial charge is 0.383 e. The third-order valence-electron chi connectivity index (χ3n) is 6.65. The topological polar surface area (TPSA) is 69.7 Å². The lowest BCUT2D eigenvalue weighted by Crippen LogP contribution is -2.29. The molecule has 0 saturated heterocycles. The number of fused-ring (bicyclic) bond motifs is 3. The molecule has 1 aromatic heterocycles. The minimum Gasteiger partial charge on any atom is -0.383 e. The second-order valence-electron chi connectivity index (χ2n) is 8.60. The van der Waals surface area contributed by atoms with Gasteiger partial charge in [-0.3, -0.25) is 19.3 Å². The molecule has 2 amide bonds. The van der Waals surface area contributed by atoms with Gasteiger partial charge in [0.15, 0.2) is 5.43 Å². The molecule has 35 heavy (non-hydrogen) atoms. The van der Waals surface area contributed by atoms with Crippen molar-refractivity contribution in [3.63, 3.8) is 0 Å². The van der Waals surface area contributed by atoms with E-state index in [1.165, 1.54) is 16.2 Å². The Balaban J connectivity index is 1.57. The summed E-state index contributed by atoms with van der Waals surface area (Å²) in [5, 5.41) is 4.75. The van der Waals surface area contributed by atoms with Crippen LogP contribution in [-0.4, -0.2) is 47.8 Å². The van der Waals surface area contributed by atoms with Gasteiger partial charge in [-0.05, 0) is 49.0 Å². The SMILES string of the molecule is CCN(CC)CCNc1ccc(CN2C(=O)c3ccccc3C2=O)c2sc3ccccc3c(=O)c12. The number of hydrogen-bond donors (Lipinski definition) is 1. The highest BCUT2D eigenvalue weighted by atomic mass is 32.1. The van der Waals surface area contributed by atoms with Gasteiger partial charge in [0.25, 0.3) is 11.8 Å². The number of imide groups is 1. The Labute approximate surface area is 207 Å². The van der Waals surface area contributed by atoms with Gasteiger partial charge in [0.2, 0.25) is 0 Å². The van der Waals surface area contributed by atoms with Crippen molar-refractivity contribution < 1.29 is 9.59 Å². The van der Waals surface area contributed by atoms with E-state index in [2.05, 4.69) is 24.1 Å². The molecule has 1 aliphatic heterocycles. The van der Waals surface area contributed by atoms with Gasteiger partial charge >= 0.3 is 0 Å². The van der Waals surface area contributed by atoms with E-state index in [1.807, 2.05) is 36.4 Å². The van der Waals surface area contributed by atoms with Gasteiger partial charge in [-0.2, -0.15) is 0 Å². The van der Waals surface area contributed by atoms with E-state index >= 15 is 0 Å². The summed E-state index contributed by atoms with van der Waals surface area (Å²) >= 11 is 1.52. The summed E-state index contributed by atoms with van der Waals surface area (Å²) in [6.07, 6.45) is 0. The average molecular weight is 486 g/mol. The fraction of sp³-hybridized carbons (Fsp3) is 0.250. The third-order valence-corrected chi connectivity index (χ3v) is 7.90. The zero-order valence-corrected chi connectivity index (χ0v) is 20.7. The number of hydrogen-bond acceptors (Lipinski definition) is 6. The summed E-state index contributed by atoms with van der Waals surface area (Å²) in [4.78, 5) is 43.2. The summed E-state index contributed by atoms with van der Waals surface area (Å²) in [5.74, 6) is -0.596. The molecule has 1 aliphatic rings. The van der Waals surface area contributed by atoms with Crippen molar-refractivity contribution in [2.45, 2.75) is 20.4 Å². The molecule has 7 heteroatoms. The van der Waals surface area contributed by atoms with Gasteiger partial charge in [0, 0.05) is 33.6 Å².